The van der Waals surface area contributed by atoms with Crippen LogP contribution in [0.1, 0.15) is 10.4 Å². The molecule has 1 heterocycles. The molecule has 1 aromatic heterocycles. The number of fused-ring (bicyclic) bond motifs is 1. The molecule has 0 aliphatic heterocycles. The number of benzene rings is 2. The fourth-order valence-corrected chi connectivity index (χ4v) is 2.94. The van der Waals surface area contributed by atoms with E-state index in [-0.39, 0.29) is 5.91 Å². The number of nitrogens with one attached hydrogen (secondary N) is 1. The minimum atomic E-state index is -0.153. The van der Waals surface area contributed by atoms with Crippen molar-refractivity contribution in [2.75, 3.05) is 27.9 Å². The fraction of sp³-hybridized carbons (Fsp3) is 0.250. The van der Waals surface area contributed by atoms with Crippen LogP contribution >= 0.6 is 0 Å². The summed E-state index contributed by atoms with van der Waals surface area (Å²) >= 11 is 0. The van der Waals surface area contributed by atoms with Gasteiger partial charge in [0.05, 0.1) is 26.8 Å². The van der Waals surface area contributed by atoms with E-state index in [1.54, 1.807) is 39.5 Å². The van der Waals surface area contributed by atoms with Crippen molar-refractivity contribution in [2.24, 2.45) is 0 Å². The standard InChI is InChI=1S/C20H22N2O4/c1-24-17-6-4-5-16-15(17)9-11-22(16)12-10-21-20(23)14-7-8-18(25-2)19(13-14)26-3/h4-9,11,13H,10,12H2,1-3H3,(H,21,23). The maximum atomic E-state index is 12.4. The predicted molar refractivity (Wildman–Crippen MR) is 100 cm³/mol. The Morgan fingerprint density at radius 1 is 0.962 bits per heavy atom. The first-order valence-corrected chi connectivity index (χ1v) is 8.30. The van der Waals surface area contributed by atoms with Gasteiger partial charge >= 0.3 is 0 Å². The molecule has 0 unspecified atom stereocenters. The van der Waals surface area contributed by atoms with Crippen LogP contribution in [0.2, 0.25) is 0 Å². The molecule has 3 aromatic rings. The van der Waals surface area contributed by atoms with Crippen LogP contribution in [0.3, 0.4) is 0 Å². The molecule has 26 heavy (non-hydrogen) atoms. The lowest BCUT2D eigenvalue weighted by molar-refractivity contribution is 0.0952. The predicted octanol–water partition coefficient (Wildman–Crippen LogP) is 3.10. The molecular weight excluding hydrogens is 332 g/mol. The molecule has 0 saturated carbocycles. The van der Waals surface area contributed by atoms with Gasteiger partial charge in [-0.15, -0.1) is 0 Å². The van der Waals surface area contributed by atoms with Gasteiger partial charge in [-0.3, -0.25) is 4.79 Å². The van der Waals surface area contributed by atoms with Crippen molar-refractivity contribution in [3.63, 3.8) is 0 Å². The number of amides is 1. The third kappa shape index (κ3) is 3.44. The summed E-state index contributed by atoms with van der Waals surface area (Å²) in [4.78, 5) is 12.4. The highest BCUT2D eigenvalue weighted by Gasteiger charge is 2.11. The molecule has 1 N–H and O–H groups in total. The highest BCUT2D eigenvalue weighted by atomic mass is 16.5. The van der Waals surface area contributed by atoms with Crippen LogP contribution in [-0.2, 0) is 6.54 Å². The van der Waals surface area contributed by atoms with Crippen LogP contribution in [0, 0.1) is 0 Å². The minimum Gasteiger partial charge on any atom is -0.496 e. The fourth-order valence-electron chi connectivity index (χ4n) is 2.94. The number of methoxy groups -OCH3 is 3. The SMILES string of the molecule is COc1ccc(C(=O)NCCn2ccc3c(OC)cccc32)cc1OC. The highest BCUT2D eigenvalue weighted by Crippen LogP contribution is 2.28. The summed E-state index contributed by atoms with van der Waals surface area (Å²) in [6.45, 7) is 1.17. The minimum absolute atomic E-state index is 0.153. The second kappa shape index (κ2) is 7.82. The number of carbonyl (C=O) groups is 1. The number of hydrogen-bond acceptors (Lipinski definition) is 4. The average Bonchev–Trinajstić information content (AvgIpc) is 3.10. The molecule has 0 aliphatic carbocycles. The summed E-state index contributed by atoms with van der Waals surface area (Å²) in [5.41, 5.74) is 1.60. The van der Waals surface area contributed by atoms with E-state index in [4.69, 9.17) is 14.2 Å². The van der Waals surface area contributed by atoms with Gasteiger partial charge in [-0.25, -0.2) is 0 Å². The van der Waals surface area contributed by atoms with Crippen LogP contribution in [0.5, 0.6) is 17.2 Å². The van der Waals surface area contributed by atoms with Gasteiger partial charge in [-0.2, -0.15) is 0 Å². The summed E-state index contributed by atoms with van der Waals surface area (Å²) in [6.07, 6.45) is 2.00. The van der Waals surface area contributed by atoms with Gasteiger partial charge in [0, 0.05) is 30.2 Å². The van der Waals surface area contributed by atoms with E-state index in [1.807, 2.05) is 30.5 Å². The Hall–Kier alpha value is -3.15. The first-order chi connectivity index (χ1) is 12.7. The molecule has 0 aliphatic rings. The van der Waals surface area contributed by atoms with E-state index in [9.17, 15) is 4.79 Å². The number of ether oxygens (including phenoxy) is 3. The Bertz CT molecular complexity index is 917. The van der Waals surface area contributed by atoms with E-state index in [0.717, 1.165) is 16.7 Å². The Morgan fingerprint density at radius 2 is 1.73 bits per heavy atom. The number of aromatic nitrogens is 1. The lowest BCUT2D eigenvalue weighted by atomic mass is 10.2. The van der Waals surface area contributed by atoms with Crippen molar-refractivity contribution in [3.8, 4) is 17.2 Å². The van der Waals surface area contributed by atoms with Gasteiger partial charge in [-0.05, 0) is 36.4 Å². The molecule has 2 aromatic carbocycles. The smallest absolute Gasteiger partial charge is 0.251 e. The molecule has 0 atom stereocenters. The van der Waals surface area contributed by atoms with Crippen molar-refractivity contribution in [3.05, 3.63) is 54.2 Å². The van der Waals surface area contributed by atoms with Gasteiger partial charge in [0.2, 0.25) is 0 Å². The molecule has 3 rings (SSSR count). The monoisotopic (exact) mass is 354 g/mol. The number of nitrogens with zero attached hydrogens (tertiary/aromatic N) is 1. The molecule has 6 heteroatoms. The maximum absolute atomic E-state index is 12.4. The van der Waals surface area contributed by atoms with Gasteiger partial charge in [-0.1, -0.05) is 6.07 Å². The Morgan fingerprint density at radius 3 is 2.46 bits per heavy atom. The van der Waals surface area contributed by atoms with Crippen molar-refractivity contribution in [1.82, 2.24) is 9.88 Å². The Kier molecular flexibility index (Phi) is 5.31. The molecule has 0 saturated heterocycles. The molecule has 136 valence electrons. The van der Waals surface area contributed by atoms with Crippen LogP contribution in [0.4, 0.5) is 0 Å². The van der Waals surface area contributed by atoms with Crippen LogP contribution in [-0.4, -0.2) is 38.3 Å². The van der Waals surface area contributed by atoms with Crippen LogP contribution < -0.4 is 19.5 Å². The average molecular weight is 354 g/mol. The van der Waals surface area contributed by atoms with Gasteiger partial charge < -0.3 is 24.1 Å². The van der Waals surface area contributed by atoms with Crippen LogP contribution in [0.25, 0.3) is 10.9 Å². The Balaban J connectivity index is 1.66. The number of hydrogen-bond donors (Lipinski definition) is 1. The summed E-state index contributed by atoms with van der Waals surface area (Å²) in [7, 11) is 4.77. The third-order valence-electron chi connectivity index (χ3n) is 4.28. The van der Waals surface area contributed by atoms with Crippen molar-refractivity contribution < 1.29 is 19.0 Å². The van der Waals surface area contributed by atoms with Crippen LogP contribution in [0.15, 0.2) is 48.7 Å². The molecule has 6 nitrogen and oxygen atoms in total. The lowest BCUT2D eigenvalue weighted by Gasteiger charge is -2.11. The summed E-state index contributed by atoms with van der Waals surface area (Å²) in [5, 5.41) is 3.99. The third-order valence-corrected chi connectivity index (χ3v) is 4.28. The topological polar surface area (TPSA) is 61.7 Å². The second-order valence-electron chi connectivity index (χ2n) is 5.73. The van der Waals surface area contributed by atoms with E-state index in [1.165, 1.54) is 0 Å². The summed E-state index contributed by atoms with van der Waals surface area (Å²) in [5.74, 6) is 1.82. The molecule has 0 bridgehead atoms. The van der Waals surface area contributed by atoms with Crippen molar-refractivity contribution in [1.29, 1.82) is 0 Å². The molecule has 1 amide bonds. The van der Waals surface area contributed by atoms with E-state index in [2.05, 4.69) is 9.88 Å². The van der Waals surface area contributed by atoms with Gasteiger partial charge in [0.15, 0.2) is 11.5 Å². The maximum Gasteiger partial charge on any atom is 0.251 e. The lowest BCUT2D eigenvalue weighted by Crippen LogP contribution is -2.27. The summed E-state index contributed by atoms with van der Waals surface area (Å²) < 4.78 is 17.9. The van der Waals surface area contributed by atoms with E-state index < -0.39 is 0 Å². The molecular formula is C20H22N2O4. The van der Waals surface area contributed by atoms with Crippen molar-refractivity contribution >= 4 is 16.8 Å². The molecule has 0 radical (unpaired) electrons. The number of rotatable bonds is 7. The molecule has 0 fully saturated rings. The Labute approximate surface area is 152 Å². The quantitative estimate of drug-likeness (QED) is 0.708. The first kappa shape index (κ1) is 17.7. The normalized spacial score (nSPS) is 10.6. The number of carbonyl (C=O) groups excluding carboxylic acids is 1. The highest BCUT2D eigenvalue weighted by molar-refractivity contribution is 5.94. The first-order valence-electron chi connectivity index (χ1n) is 8.30. The zero-order chi connectivity index (χ0) is 18.5. The zero-order valence-electron chi connectivity index (χ0n) is 15.1. The van der Waals surface area contributed by atoms with E-state index >= 15 is 0 Å². The zero-order valence-corrected chi connectivity index (χ0v) is 15.1. The summed E-state index contributed by atoms with van der Waals surface area (Å²) in [6, 6.07) is 13.1. The second-order valence-corrected chi connectivity index (χ2v) is 5.73. The molecule has 0 spiro atoms. The van der Waals surface area contributed by atoms with E-state index in [0.29, 0.717) is 30.2 Å². The van der Waals surface area contributed by atoms with Crippen molar-refractivity contribution in [2.45, 2.75) is 6.54 Å². The van der Waals surface area contributed by atoms with Gasteiger partial charge in [0.25, 0.3) is 5.91 Å². The largest absolute Gasteiger partial charge is 0.496 e. The van der Waals surface area contributed by atoms with Gasteiger partial charge in [0.1, 0.15) is 5.75 Å².